The number of rotatable bonds is 5. The van der Waals surface area contributed by atoms with Crippen LogP contribution < -0.4 is 0 Å². The first-order valence-corrected chi connectivity index (χ1v) is 7.61. The highest BCUT2D eigenvalue weighted by Gasteiger charge is 2.24. The summed E-state index contributed by atoms with van der Waals surface area (Å²) in [6.07, 6.45) is 6.96. The molecule has 0 radical (unpaired) electrons. The first-order valence-electron chi connectivity index (χ1n) is 7.61. The summed E-state index contributed by atoms with van der Waals surface area (Å²) in [6, 6.07) is 0. The second kappa shape index (κ2) is 6.41. The van der Waals surface area contributed by atoms with E-state index in [2.05, 4.69) is 37.5 Å². The summed E-state index contributed by atoms with van der Waals surface area (Å²) in [7, 11) is 0. The molecule has 0 saturated carbocycles. The number of aryl methyl sites for hydroxylation is 2. The quantitative estimate of drug-likeness (QED) is 0.913. The summed E-state index contributed by atoms with van der Waals surface area (Å²) in [5.41, 5.74) is 1.07. The Bertz CT molecular complexity index is 576. The van der Waals surface area contributed by atoms with Gasteiger partial charge in [-0.15, -0.1) is 0 Å². The van der Waals surface area contributed by atoms with Crippen LogP contribution in [0.2, 0.25) is 0 Å². The van der Waals surface area contributed by atoms with Gasteiger partial charge in [-0.1, -0.05) is 6.92 Å². The zero-order valence-electron chi connectivity index (χ0n) is 12.7. The van der Waals surface area contributed by atoms with E-state index in [1.165, 1.54) is 0 Å². The van der Waals surface area contributed by atoms with Crippen molar-refractivity contribution in [3.05, 3.63) is 35.9 Å². The van der Waals surface area contributed by atoms with E-state index >= 15 is 0 Å². The molecule has 0 unspecified atom stereocenters. The molecule has 1 aliphatic rings. The number of aromatic nitrogens is 4. The standard InChI is InChI=1S/C15H23N5O/c1-3-5-20-6-4-16-14(20)11-19-7-8-21-13(10-19)15-17-9-12(2)18-15/h4,6,9,13H,3,5,7-8,10-11H2,1-2H3,(H,17,18)/t13-/m0/s1. The van der Waals surface area contributed by atoms with Crippen molar-refractivity contribution in [3.63, 3.8) is 0 Å². The minimum absolute atomic E-state index is 0.0297. The largest absolute Gasteiger partial charge is 0.368 e. The lowest BCUT2D eigenvalue weighted by Crippen LogP contribution is -2.38. The van der Waals surface area contributed by atoms with Gasteiger partial charge in [-0.05, 0) is 13.3 Å². The van der Waals surface area contributed by atoms with Crippen molar-refractivity contribution in [2.45, 2.75) is 39.5 Å². The Morgan fingerprint density at radius 2 is 2.33 bits per heavy atom. The molecule has 114 valence electrons. The minimum Gasteiger partial charge on any atom is -0.368 e. The number of hydrogen-bond acceptors (Lipinski definition) is 4. The molecule has 0 aliphatic carbocycles. The summed E-state index contributed by atoms with van der Waals surface area (Å²) < 4.78 is 8.08. The maximum absolute atomic E-state index is 5.84. The molecule has 3 heterocycles. The van der Waals surface area contributed by atoms with Gasteiger partial charge >= 0.3 is 0 Å². The number of hydrogen-bond donors (Lipinski definition) is 1. The third-order valence-electron chi connectivity index (χ3n) is 3.81. The van der Waals surface area contributed by atoms with Crippen molar-refractivity contribution in [1.82, 2.24) is 24.4 Å². The van der Waals surface area contributed by atoms with Gasteiger partial charge in [0.2, 0.25) is 0 Å². The van der Waals surface area contributed by atoms with E-state index in [1.807, 2.05) is 19.3 Å². The van der Waals surface area contributed by atoms with Crippen LogP contribution in [-0.4, -0.2) is 44.1 Å². The van der Waals surface area contributed by atoms with Crippen molar-refractivity contribution in [3.8, 4) is 0 Å². The van der Waals surface area contributed by atoms with E-state index in [9.17, 15) is 0 Å². The van der Waals surface area contributed by atoms with Crippen LogP contribution in [0.3, 0.4) is 0 Å². The lowest BCUT2D eigenvalue weighted by molar-refractivity contribution is -0.0378. The monoisotopic (exact) mass is 289 g/mol. The molecule has 6 heteroatoms. The molecule has 0 amide bonds. The fraction of sp³-hybridized carbons (Fsp3) is 0.600. The molecule has 0 spiro atoms. The van der Waals surface area contributed by atoms with Gasteiger partial charge in [-0.3, -0.25) is 4.90 Å². The summed E-state index contributed by atoms with van der Waals surface area (Å²) in [4.78, 5) is 14.5. The normalized spacial score (nSPS) is 20.0. The van der Waals surface area contributed by atoms with E-state index in [-0.39, 0.29) is 6.10 Å². The number of imidazole rings is 2. The Labute approximate surface area is 125 Å². The van der Waals surface area contributed by atoms with Crippen LogP contribution in [0.4, 0.5) is 0 Å². The molecule has 1 saturated heterocycles. The number of nitrogens with one attached hydrogen (secondary N) is 1. The highest BCUT2D eigenvalue weighted by Crippen LogP contribution is 2.20. The lowest BCUT2D eigenvalue weighted by Gasteiger charge is -2.31. The maximum Gasteiger partial charge on any atom is 0.136 e. The topological polar surface area (TPSA) is 59.0 Å². The number of ether oxygens (including phenoxy) is 1. The van der Waals surface area contributed by atoms with Crippen LogP contribution >= 0.6 is 0 Å². The van der Waals surface area contributed by atoms with Crippen LogP contribution in [0.25, 0.3) is 0 Å². The Balaban J connectivity index is 1.64. The molecule has 1 atom stereocenters. The molecule has 2 aromatic heterocycles. The third kappa shape index (κ3) is 3.33. The van der Waals surface area contributed by atoms with E-state index < -0.39 is 0 Å². The number of aromatic amines is 1. The van der Waals surface area contributed by atoms with Gasteiger partial charge in [-0.2, -0.15) is 0 Å². The molecule has 3 rings (SSSR count). The smallest absolute Gasteiger partial charge is 0.136 e. The zero-order chi connectivity index (χ0) is 14.7. The molecule has 0 aromatic carbocycles. The van der Waals surface area contributed by atoms with Crippen molar-refractivity contribution < 1.29 is 4.74 Å². The van der Waals surface area contributed by atoms with Crippen LogP contribution in [0.1, 0.15) is 36.8 Å². The summed E-state index contributed by atoms with van der Waals surface area (Å²) in [5.74, 6) is 2.06. The van der Waals surface area contributed by atoms with Gasteiger partial charge in [0, 0.05) is 43.9 Å². The molecule has 6 nitrogen and oxygen atoms in total. The van der Waals surface area contributed by atoms with Crippen molar-refractivity contribution in [1.29, 1.82) is 0 Å². The lowest BCUT2D eigenvalue weighted by atomic mass is 10.2. The van der Waals surface area contributed by atoms with E-state index in [4.69, 9.17) is 4.74 Å². The fourth-order valence-corrected chi connectivity index (χ4v) is 2.74. The molecule has 0 bridgehead atoms. The van der Waals surface area contributed by atoms with Crippen molar-refractivity contribution in [2.75, 3.05) is 19.7 Å². The SMILES string of the molecule is CCCn1ccnc1CN1CCO[C@H](c2ncc(C)[nH]2)C1. The van der Waals surface area contributed by atoms with E-state index in [0.717, 1.165) is 56.5 Å². The van der Waals surface area contributed by atoms with Crippen LogP contribution in [0.15, 0.2) is 18.6 Å². The molecule has 1 aliphatic heterocycles. The summed E-state index contributed by atoms with van der Waals surface area (Å²) in [6.45, 7) is 8.62. The van der Waals surface area contributed by atoms with Gasteiger partial charge in [0.25, 0.3) is 0 Å². The molecule has 1 N–H and O–H groups in total. The second-order valence-electron chi connectivity index (χ2n) is 5.58. The first-order chi connectivity index (χ1) is 10.3. The van der Waals surface area contributed by atoms with Crippen LogP contribution in [0, 0.1) is 6.92 Å². The molecule has 21 heavy (non-hydrogen) atoms. The number of nitrogens with zero attached hydrogens (tertiary/aromatic N) is 4. The van der Waals surface area contributed by atoms with Crippen molar-refractivity contribution >= 4 is 0 Å². The van der Waals surface area contributed by atoms with Gasteiger partial charge in [0.1, 0.15) is 17.8 Å². The van der Waals surface area contributed by atoms with Gasteiger partial charge in [0.15, 0.2) is 0 Å². The van der Waals surface area contributed by atoms with Gasteiger partial charge in [0.05, 0.1) is 13.2 Å². The summed E-state index contributed by atoms with van der Waals surface area (Å²) in [5, 5.41) is 0. The molecular formula is C15H23N5O. The van der Waals surface area contributed by atoms with Crippen LogP contribution in [-0.2, 0) is 17.8 Å². The Hall–Kier alpha value is -1.66. The fourth-order valence-electron chi connectivity index (χ4n) is 2.74. The molecule has 1 fully saturated rings. The third-order valence-corrected chi connectivity index (χ3v) is 3.81. The van der Waals surface area contributed by atoms with E-state index in [1.54, 1.807) is 0 Å². The zero-order valence-corrected chi connectivity index (χ0v) is 12.7. The average Bonchev–Trinajstić information content (AvgIpc) is 3.10. The van der Waals surface area contributed by atoms with Gasteiger partial charge in [-0.25, -0.2) is 9.97 Å². The molecular weight excluding hydrogens is 266 g/mol. The first kappa shape index (κ1) is 14.3. The van der Waals surface area contributed by atoms with Gasteiger partial charge < -0.3 is 14.3 Å². The highest BCUT2D eigenvalue weighted by molar-refractivity contribution is 5.03. The Morgan fingerprint density at radius 1 is 1.43 bits per heavy atom. The van der Waals surface area contributed by atoms with Crippen molar-refractivity contribution in [2.24, 2.45) is 0 Å². The predicted molar refractivity (Wildman–Crippen MR) is 79.8 cm³/mol. The number of morpholine rings is 1. The highest BCUT2D eigenvalue weighted by atomic mass is 16.5. The maximum atomic E-state index is 5.84. The second-order valence-corrected chi connectivity index (χ2v) is 5.58. The molecule has 2 aromatic rings. The Morgan fingerprint density at radius 3 is 3.10 bits per heavy atom. The minimum atomic E-state index is 0.0297. The van der Waals surface area contributed by atoms with Crippen LogP contribution in [0.5, 0.6) is 0 Å². The Kier molecular flexibility index (Phi) is 4.36. The summed E-state index contributed by atoms with van der Waals surface area (Å²) >= 11 is 0. The van der Waals surface area contributed by atoms with E-state index in [0.29, 0.717) is 0 Å². The predicted octanol–water partition coefficient (Wildman–Crippen LogP) is 1.90. The number of H-pyrrole nitrogens is 1. The average molecular weight is 289 g/mol.